The number of benzene rings is 1. The zero-order valence-corrected chi connectivity index (χ0v) is 14.3. The van der Waals surface area contributed by atoms with Crippen LogP contribution in [0, 0.1) is 10.1 Å². The highest BCUT2D eigenvalue weighted by atomic mass is 16.6. The molecule has 0 bridgehead atoms. The van der Waals surface area contributed by atoms with E-state index in [0.717, 1.165) is 12.8 Å². The summed E-state index contributed by atoms with van der Waals surface area (Å²) in [6.45, 7) is 0.591. The van der Waals surface area contributed by atoms with Crippen molar-refractivity contribution in [2.75, 3.05) is 39.2 Å². The number of ether oxygens (including phenoxy) is 1. The third-order valence-electron chi connectivity index (χ3n) is 3.73. The molecule has 0 spiro atoms. The highest BCUT2D eigenvalue weighted by Crippen LogP contribution is 2.31. The maximum absolute atomic E-state index is 12.4. The lowest BCUT2D eigenvalue weighted by molar-refractivity contribution is -0.384. The van der Waals surface area contributed by atoms with Crippen molar-refractivity contribution in [2.45, 2.75) is 18.9 Å². The Labute approximate surface area is 145 Å². The zero-order chi connectivity index (χ0) is 18.4. The van der Waals surface area contributed by atoms with Gasteiger partial charge in [0, 0.05) is 38.4 Å². The standard InChI is InChI=1S/C16H22N4O5/c1-19(10-15(21)17-7-8-25-2)16(22)11-3-6-13(18-12-4-5-12)14(9-11)20(23)24/h3,6,9,12,18H,4-5,7-8,10H2,1-2H3,(H,17,21). The quantitative estimate of drug-likeness (QED) is 0.390. The largest absolute Gasteiger partial charge is 0.383 e. The molecular weight excluding hydrogens is 328 g/mol. The van der Waals surface area contributed by atoms with Gasteiger partial charge in [0.05, 0.1) is 18.1 Å². The lowest BCUT2D eigenvalue weighted by Crippen LogP contribution is -2.39. The molecule has 9 heteroatoms. The van der Waals surface area contributed by atoms with Gasteiger partial charge in [-0.3, -0.25) is 19.7 Å². The van der Waals surface area contributed by atoms with Crippen LogP contribution in [-0.2, 0) is 9.53 Å². The smallest absolute Gasteiger partial charge is 0.293 e. The van der Waals surface area contributed by atoms with Gasteiger partial charge >= 0.3 is 0 Å². The minimum atomic E-state index is -0.515. The molecule has 2 amide bonds. The molecule has 1 saturated carbocycles. The van der Waals surface area contributed by atoms with Gasteiger partial charge in [-0.05, 0) is 25.0 Å². The first-order valence-corrected chi connectivity index (χ1v) is 7.98. The van der Waals surface area contributed by atoms with Crippen molar-refractivity contribution in [1.82, 2.24) is 10.2 Å². The van der Waals surface area contributed by atoms with Gasteiger partial charge < -0.3 is 20.3 Å². The van der Waals surface area contributed by atoms with Crippen molar-refractivity contribution < 1.29 is 19.2 Å². The second-order valence-electron chi connectivity index (χ2n) is 5.91. The Hall–Kier alpha value is -2.68. The molecule has 136 valence electrons. The van der Waals surface area contributed by atoms with E-state index in [1.165, 1.54) is 37.3 Å². The van der Waals surface area contributed by atoms with Gasteiger partial charge in [0.15, 0.2) is 0 Å². The van der Waals surface area contributed by atoms with Gasteiger partial charge in [0.25, 0.3) is 11.6 Å². The van der Waals surface area contributed by atoms with Gasteiger partial charge in [-0.2, -0.15) is 0 Å². The number of amides is 2. The number of rotatable bonds is 9. The van der Waals surface area contributed by atoms with E-state index >= 15 is 0 Å². The molecule has 0 unspecified atom stereocenters. The number of nitrogens with zero attached hydrogens (tertiary/aromatic N) is 2. The third kappa shape index (κ3) is 5.42. The topological polar surface area (TPSA) is 114 Å². The van der Waals surface area contributed by atoms with Crippen molar-refractivity contribution in [3.8, 4) is 0 Å². The van der Waals surface area contributed by atoms with Crippen LogP contribution in [0.25, 0.3) is 0 Å². The fourth-order valence-corrected chi connectivity index (χ4v) is 2.24. The molecule has 25 heavy (non-hydrogen) atoms. The van der Waals surface area contributed by atoms with Crippen LogP contribution >= 0.6 is 0 Å². The van der Waals surface area contributed by atoms with E-state index in [-0.39, 0.29) is 29.7 Å². The monoisotopic (exact) mass is 350 g/mol. The number of carbonyl (C=O) groups excluding carboxylic acids is 2. The van der Waals surface area contributed by atoms with Crippen LogP contribution in [-0.4, -0.2) is 61.5 Å². The molecule has 1 aromatic rings. The summed E-state index contributed by atoms with van der Waals surface area (Å²) in [7, 11) is 3.00. The fraction of sp³-hybridized carbons (Fsp3) is 0.500. The van der Waals surface area contributed by atoms with Crippen LogP contribution in [0.15, 0.2) is 18.2 Å². The molecular formula is C16H22N4O5. The van der Waals surface area contributed by atoms with E-state index in [1.54, 1.807) is 0 Å². The van der Waals surface area contributed by atoms with E-state index in [1.807, 2.05) is 0 Å². The highest BCUT2D eigenvalue weighted by molar-refractivity contribution is 5.97. The Balaban J connectivity index is 2.03. The average molecular weight is 350 g/mol. The Kier molecular flexibility index (Phi) is 6.29. The van der Waals surface area contributed by atoms with Crippen LogP contribution in [0.3, 0.4) is 0 Å². The molecule has 0 aromatic heterocycles. The summed E-state index contributed by atoms with van der Waals surface area (Å²) in [4.78, 5) is 36.1. The van der Waals surface area contributed by atoms with E-state index in [0.29, 0.717) is 18.8 Å². The van der Waals surface area contributed by atoms with Crippen molar-refractivity contribution in [3.63, 3.8) is 0 Å². The lowest BCUT2D eigenvalue weighted by atomic mass is 10.1. The minimum Gasteiger partial charge on any atom is -0.383 e. The average Bonchev–Trinajstić information content (AvgIpc) is 3.38. The maximum atomic E-state index is 12.4. The fourth-order valence-electron chi connectivity index (χ4n) is 2.24. The number of likely N-dealkylation sites (N-methyl/N-ethyl adjacent to an activating group) is 1. The summed E-state index contributed by atoms with van der Waals surface area (Å²) in [6, 6.07) is 4.57. The van der Waals surface area contributed by atoms with Crippen LogP contribution in [0.4, 0.5) is 11.4 Å². The first kappa shape index (κ1) is 18.7. The summed E-state index contributed by atoms with van der Waals surface area (Å²) in [5, 5.41) is 16.9. The SMILES string of the molecule is COCCNC(=O)CN(C)C(=O)c1ccc(NC2CC2)c([N+](=O)[O-])c1. The molecule has 2 N–H and O–H groups in total. The molecule has 0 heterocycles. The molecule has 1 aromatic carbocycles. The van der Waals surface area contributed by atoms with Crippen LogP contribution in [0.1, 0.15) is 23.2 Å². The number of methoxy groups -OCH3 is 1. The first-order valence-electron chi connectivity index (χ1n) is 7.98. The Morgan fingerprint density at radius 1 is 1.40 bits per heavy atom. The van der Waals surface area contributed by atoms with Crippen LogP contribution in [0.2, 0.25) is 0 Å². The van der Waals surface area contributed by atoms with E-state index in [4.69, 9.17) is 4.74 Å². The van der Waals surface area contributed by atoms with Crippen molar-refractivity contribution in [1.29, 1.82) is 0 Å². The highest BCUT2D eigenvalue weighted by Gasteiger charge is 2.26. The molecule has 9 nitrogen and oxygen atoms in total. The van der Waals surface area contributed by atoms with Crippen molar-refractivity contribution >= 4 is 23.2 Å². The normalized spacial score (nSPS) is 13.2. The van der Waals surface area contributed by atoms with E-state index in [9.17, 15) is 19.7 Å². The number of nitrogens with one attached hydrogen (secondary N) is 2. The van der Waals surface area contributed by atoms with Crippen molar-refractivity contribution in [2.24, 2.45) is 0 Å². The number of hydrogen-bond donors (Lipinski definition) is 2. The number of nitro benzene ring substituents is 1. The maximum Gasteiger partial charge on any atom is 0.293 e. The summed E-state index contributed by atoms with van der Waals surface area (Å²) in [6.07, 6.45) is 1.97. The third-order valence-corrected chi connectivity index (χ3v) is 3.73. The van der Waals surface area contributed by atoms with E-state index in [2.05, 4.69) is 10.6 Å². The molecule has 1 aliphatic rings. The number of anilines is 1. The number of hydrogen-bond acceptors (Lipinski definition) is 6. The molecule has 1 aliphatic carbocycles. The Bertz CT molecular complexity index is 660. The Morgan fingerprint density at radius 3 is 2.72 bits per heavy atom. The molecule has 0 saturated heterocycles. The second-order valence-corrected chi connectivity index (χ2v) is 5.91. The summed E-state index contributed by atoms with van der Waals surface area (Å²) in [5.41, 5.74) is 0.431. The van der Waals surface area contributed by atoms with Crippen LogP contribution < -0.4 is 10.6 Å². The summed E-state index contributed by atoms with van der Waals surface area (Å²) in [5.74, 6) is -0.780. The van der Waals surface area contributed by atoms with Crippen LogP contribution in [0.5, 0.6) is 0 Å². The summed E-state index contributed by atoms with van der Waals surface area (Å²) < 4.78 is 4.83. The van der Waals surface area contributed by atoms with E-state index < -0.39 is 10.8 Å². The molecule has 1 fully saturated rings. The zero-order valence-electron chi connectivity index (χ0n) is 14.3. The first-order chi connectivity index (χ1) is 11.9. The predicted molar refractivity (Wildman–Crippen MR) is 91.6 cm³/mol. The van der Waals surface area contributed by atoms with Gasteiger partial charge in [-0.1, -0.05) is 0 Å². The van der Waals surface area contributed by atoms with Crippen molar-refractivity contribution in [3.05, 3.63) is 33.9 Å². The minimum absolute atomic E-state index is 0.140. The molecule has 2 rings (SSSR count). The molecule has 0 radical (unpaired) electrons. The number of carbonyl (C=O) groups is 2. The second kappa shape index (κ2) is 8.43. The predicted octanol–water partition coefficient (Wildman–Crippen LogP) is 1.00. The van der Waals surface area contributed by atoms with Gasteiger partial charge in [-0.15, -0.1) is 0 Å². The lowest BCUT2D eigenvalue weighted by Gasteiger charge is -2.17. The van der Waals surface area contributed by atoms with Gasteiger partial charge in [0.2, 0.25) is 5.91 Å². The Morgan fingerprint density at radius 2 is 2.12 bits per heavy atom. The molecule has 0 aliphatic heterocycles. The number of nitro groups is 1. The molecule has 0 atom stereocenters. The summed E-state index contributed by atoms with van der Waals surface area (Å²) >= 11 is 0. The van der Waals surface area contributed by atoms with Gasteiger partial charge in [0.1, 0.15) is 5.69 Å². The van der Waals surface area contributed by atoms with Gasteiger partial charge in [-0.25, -0.2) is 0 Å².